The van der Waals surface area contributed by atoms with E-state index in [4.69, 9.17) is 14.5 Å². The van der Waals surface area contributed by atoms with E-state index in [9.17, 15) is 9.59 Å². The van der Waals surface area contributed by atoms with Crippen LogP contribution >= 0.6 is 0 Å². The van der Waals surface area contributed by atoms with Crippen LogP contribution in [0.4, 0.5) is 0 Å². The Bertz CT molecular complexity index is 881. The molecule has 0 bridgehead atoms. The van der Waals surface area contributed by atoms with Gasteiger partial charge in [-0.15, -0.1) is 0 Å². The third-order valence-electron chi connectivity index (χ3n) is 5.80. The number of ether oxygens (including phenoxy) is 2. The molecule has 0 spiro atoms. The molecule has 30 heavy (non-hydrogen) atoms. The van der Waals surface area contributed by atoms with Crippen molar-refractivity contribution in [3.63, 3.8) is 0 Å². The number of benzene rings is 1. The molecule has 1 aliphatic heterocycles. The quantitative estimate of drug-likeness (QED) is 0.575. The Balaban J connectivity index is 2.21. The van der Waals surface area contributed by atoms with E-state index in [0.29, 0.717) is 25.0 Å². The van der Waals surface area contributed by atoms with Crippen LogP contribution in [0.3, 0.4) is 0 Å². The molecule has 0 aromatic heterocycles. The molecule has 5 nitrogen and oxygen atoms in total. The second-order valence-corrected chi connectivity index (χ2v) is 8.86. The van der Waals surface area contributed by atoms with E-state index in [2.05, 4.69) is 20.8 Å². The standard InChI is InChI=1S/C25H33NO4/c1-6-13-30-20-12-10-9-11-16(20)21-22-18(14-25(4,5)15-19(22)27)26-17(7-2)23(21)24(28)29-8-3/h9-12,21-22H,6-8,13-15H2,1-5H3/t21-,22?/m1/s1. The summed E-state index contributed by atoms with van der Waals surface area (Å²) in [5, 5.41) is 0. The first-order valence-corrected chi connectivity index (χ1v) is 11.0. The zero-order valence-electron chi connectivity index (χ0n) is 18.8. The number of hydrogen-bond acceptors (Lipinski definition) is 5. The van der Waals surface area contributed by atoms with Crippen LogP contribution in [0, 0.1) is 11.3 Å². The van der Waals surface area contributed by atoms with Gasteiger partial charge in [-0.1, -0.05) is 45.9 Å². The molecule has 3 rings (SSSR count). The van der Waals surface area contributed by atoms with E-state index < -0.39 is 11.8 Å². The number of esters is 1. The average Bonchev–Trinajstić information content (AvgIpc) is 2.70. The SMILES string of the molecule is CCCOc1ccccc1[C@H]1C(C(=O)OCC)=C(CC)N=C2CC(C)(C)CC(=O)C21. The molecule has 0 radical (unpaired) electrons. The Morgan fingerprint density at radius 1 is 1.13 bits per heavy atom. The molecule has 0 amide bonds. The number of carbonyl (C=O) groups excluding carboxylic acids is 2. The summed E-state index contributed by atoms with van der Waals surface area (Å²) in [4.78, 5) is 31.3. The third kappa shape index (κ3) is 4.35. The van der Waals surface area contributed by atoms with Crippen LogP contribution in [-0.2, 0) is 14.3 Å². The molecule has 5 heteroatoms. The molecule has 1 aromatic carbocycles. The number of rotatable bonds is 7. The maximum Gasteiger partial charge on any atom is 0.336 e. The summed E-state index contributed by atoms with van der Waals surface area (Å²) in [7, 11) is 0. The minimum atomic E-state index is -0.445. The summed E-state index contributed by atoms with van der Waals surface area (Å²) in [5.74, 6) is -0.398. The van der Waals surface area contributed by atoms with Gasteiger partial charge in [0, 0.05) is 23.6 Å². The van der Waals surface area contributed by atoms with Crippen LogP contribution in [0.1, 0.15) is 71.8 Å². The molecule has 1 unspecified atom stereocenters. The number of hydrogen-bond donors (Lipinski definition) is 0. The first kappa shape index (κ1) is 22.3. The van der Waals surface area contributed by atoms with Gasteiger partial charge < -0.3 is 9.47 Å². The molecule has 1 aromatic rings. The predicted molar refractivity (Wildman–Crippen MR) is 118 cm³/mol. The highest BCUT2D eigenvalue weighted by Gasteiger charge is 2.48. The van der Waals surface area contributed by atoms with Crippen LogP contribution in [-0.4, -0.2) is 30.7 Å². The molecule has 1 saturated carbocycles. The first-order valence-electron chi connectivity index (χ1n) is 11.0. The summed E-state index contributed by atoms with van der Waals surface area (Å²) >= 11 is 0. The van der Waals surface area contributed by atoms with Crippen LogP contribution in [0.15, 0.2) is 40.5 Å². The molecule has 0 saturated heterocycles. The number of para-hydroxylation sites is 1. The van der Waals surface area contributed by atoms with Gasteiger partial charge in [-0.05, 0) is 37.7 Å². The molecule has 0 N–H and O–H groups in total. The summed E-state index contributed by atoms with van der Waals surface area (Å²) in [6.07, 6.45) is 2.71. The average molecular weight is 412 g/mol. The monoisotopic (exact) mass is 411 g/mol. The lowest BCUT2D eigenvalue weighted by atomic mass is 9.63. The lowest BCUT2D eigenvalue weighted by molar-refractivity contribution is -0.139. The van der Waals surface area contributed by atoms with Crippen LogP contribution in [0.5, 0.6) is 5.75 Å². The second-order valence-electron chi connectivity index (χ2n) is 8.86. The van der Waals surface area contributed by atoms with Crippen molar-refractivity contribution in [3.05, 3.63) is 41.1 Å². The largest absolute Gasteiger partial charge is 0.493 e. The molecule has 1 aliphatic carbocycles. The number of fused-ring (bicyclic) bond motifs is 1. The number of nitrogens with zero attached hydrogens (tertiary/aromatic N) is 1. The summed E-state index contributed by atoms with van der Waals surface area (Å²) in [6.45, 7) is 10.9. The van der Waals surface area contributed by atoms with Crippen molar-refractivity contribution in [3.8, 4) is 5.75 Å². The lowest BCUT2D eigenvalue weighted by Gasteiger charge is -2.41. The highest BCUT2D eigenvalue weighted by Crippen LogP contribution is 2.49. The number of carbonyl (C=O) groups is 2. The van der Waals surface area contributed by atoms with Gasteiger partial charge in [0.2, 0.25) is 0 Å². The van der Waals surface area contributed by atoms with Gasteiger partial charge in [0.15, 0.2) is 0 Å². The zero-order chi connectivity index (χ0) is 21.9. The summed E-state index contributed by atoms with van der Waals surface area (Å²) < 4.78 is 11.5. The maximum atomic E-state index is 13.4. The van der Waals surface area contributed by atoms with Gasteiger partial charge in [-0.2, -0.15) is 0 Å². The fourth-order valence-electron chi connectivity index (χ4n) is 4.64. The van der Waals surface area contributed by atoms with Crippen molar-refractivity contribution < 1.29 is 19.1 Å². The molecule has 1 fully saturated rings. The summed E-state index contributed by atoms with van der Waals surface area (Å²) in [5.41, 5.74) is 2.85. The Labute approximate surface area is 179 Å². The molecule has 2 aliphatic rings. The van der Waals surface area contributed by atoms with Gasteiger partial charge in [-0.25, -0.2) is 4.79 Å². The van der Waals surface area contributed by atoms with Gasteiger partial charge in [0.1, 0.15) is 11.5 Å². The van der Waals surface area contributed by atoms with Crippen molar-refractivity contribution in [1.29, 1.82) is 0 Å². The van der Waals surface area contributed by atoms with E-state index >= 15 is 0 Å². The molecular weight excluding hydrogens is 378 g/mol. The Morgan fingerprint density at radius 2 is 1.87 bits per heavy atom. The van der Waals surface area contributed by atoms with Crippen LogP contribution < -0.4 is 4.74 Å². The van der Waals surface area contributed by atoms with E-state index in [1.54, 1.807) is 6.92 Å². The second kappa shape index (κ2) is 9.15. The molecule has 2 atom stereocenters. The minimum Gasteiger partial charge on any atom is -0.493 e. The van der Waals surface area contributed by atoms with Crippen molar-refractivity contribution >= 4 is 17.5 Å². The van der Waals surface area contributed by atoms with Crippen molar-refractivity contribution in [2.75, 3.05) is 13.2 Å². The Kier molecular flexibility index (Phi) is 6.79. The van der Waals surface area contributed by atoms with Crippen LogP contribution in [0.25, 0.3) is 0 Å². The Hall–Kier alpha value is -2.43. The van der Waals surface area contributed by atoms with Gasteiger partial charge in [0.05, 0.1) is 30.4 Å². The maximum absolute atomic E-state index is 13.4. The third-order valence-corrected chi connectivity index (χ3v) is 5.80. The molecule has 162 valence electrons. The first-order chi connectivity index (χ1) is 14.3. The Morgan fingerprint density at radius 3 is 2.53 bits per heavy atom. The van der Waals surface area contributed by atoms with E-state index in [1.165, 1.54) is 0 Å². The number of Topliss-reactive ketones (excluding diaryl/α,β-unsaturated/α-hetero) is 1. The van der Waals surface area contributed by atoms with E-state index in [1.807, 2.05) is 31.2 Å². The van der Waals surface area contributed by atoms with E-state index in [-0.39, 0.29) is 23.8 Å². The fourth-order valence-corrected chi connectivity index (χ4v) is 4.64. The number of aliphatic imine (C=N–C) groups is 1. The zero-order valence-corrected chi connectivity index (χ0v) is 18.8. The minimum absolute atomic E-state index is 0.129. The van der Waals surface area contributed by atoms with Crippen molar-refractivity contribution in [2.24, 2.45) is 16.3 Å². The number of ketones is 1. The highest BCUT2D eigenvalue weighted by molar-refractivity contribution is 6.12. The van der Waals surface area contributed by atoms with Gasteiger partial charge in [-0.3, -0.25) is 9.79 Å². The van der Waals surface area contributed by atoms with Crippen molar-refractivity contribution in [1.82, 2.24) is 0 Å². The fraction of sp³-hybridized carbons (Fsp3) is 0.560. The normalized spacial score (nSPS) is 23.0. The smallest absolute Gasteiger partial charge is 0.336 e. The summed E-state index contributed by atoms with van der Waals surface area (Å²) in [6, 6.07) is 7.75. The van der Waals surface area contributed by atoms with Gasteiger partial charge in [0.25, 0.3) is 0 Å². The van der Waals surface area contributed by atoms with Crippen molar-refractivity contribution in [2.45, 2.75) is 66.2 Å². The van der Waals surface area contributed by atoms with Gasteiger partial charge >= 0.3 is 5.97 Å². The molecular formula is C25H33NO4. The predicted octanol–water partition coefficient (Wildman–Crippen LogP) is 5.25. The highest BCUT2D eigenvalue weighted by atomic mass is 16.5. The van der Waals surface area contributed by atoms with Crippen LogP contribution in [0.2, 0.25) is 0 Å². The van der Waals surface area contributed by atoms with E-state index in [0.717, 1.165) is 35.6 Å². The lowest BCUT2D eigenvalue weighted by Crippen LogP contribution is -2.44. The topological polar surface area (TPSA) is 65.0 Å². The number of allylic oxidation sites excluding steroid dienone is 1. The molecule has 1 heterocycles.